The summed E-state index contributed by atoms with van der Waals surface area (Å²) in [7, 11) is 0. The maximum absolute atomic E-state index is 12.2. The summed E-state index contributed by atoms with van der Waals surface area (Å²) in [6.07, 6.45) is 2.17. The molecule has 2 N–H and O–H groups in total. The van der Waals surface area contributed by atoms with Gasteiger partial charge in [0.05, 0.1) is 0 Å². The largest absolute Gasteiger partial charge is 0.352 e. The number of rotatable bonds is 7. The molecular formula is C19H22ClN3O2. The Kier molecular flexibility index (Phi) is 6.95. The molecule has 0 radical (unpaired) electrons. The van der Waals surface area contributed by atoms with E-state index in [0.29, 0.717) is 36.0 Å². The number of carbonyl (C=O) groups excluding carboxylic acids is 2. The summed E-state index contributed by atoms with van der Waals surface area (Å²) < 4.78 is 0. The van der Waals surface area contributed by atoms with E-state index in [2.05, 4.69) is 15.6 Å². The number of hydrogen-bond donors (Lipinski definition) is 2. The molecule has 1 heterocycles. The SMILES string of the molecule is CC(C)CNC(=O)c1cc(C(=O)NCCc2ccc(Cl)cc2)ccn1. The number of hydrogen-bond acceptors (Lipinski definition) is 3. The van der Waals surface area contributed by atoms with E-state index in [0.717, 1.165) is 5.56 Å². The minimum Gasteiger partial charge on any atom is -0.352 e. The minimum atomic E-state index is -0.274. The first-order valence-corrected chi connectivity index (χ1v) is 8.60. The van der Waals surface area contributed by atoms with Gasteiger partial charge in [-0.1, -0.05) is 37.6 Å². The van der Waals surface area contributed by atoms with Crippen molar-refractivity contribution in [2.75, 3.05) is 13.1 Å². The van der Waals surface area contributed by atoms with E-state index < -0.39 is 0 Å². The van der Waals surface area contributed by atoms with Crippen molar-refractivity contribution in [2.45, 2.75) is 20.3 Å². The Bertz CT molecular complexity index is 730. The molecule has 0 spiro atoms. The molecule has 0 fully saturated rings. The van der Waals surface area contributed by atoms with Crippen LogP contribution in [0.2, 0.25) is 5.02 Å². The molecule has 5 nitrogen and oxygen atoms in total. The summed E-state index contributed by atoms with van der Waals surface area (Å²) in [5, 5.41) is 6.32. The molecule has 0 aliphatic carbocycles. The molecule has 0 unspecified atom stereocenters. The van der Waals surface area contributed by atoms with E-state index in [1.54, 1.807) is 6.07 Å². The monoisotopic (exact) mass is 359 g/mol. The summed E-state index contributed by atoms with van der Waals surface area (Å²) in [6.45, 7) is 5.09. The van der Waals surface area contributed by atoms with Gasteiger partial charge in [-0.2, -0.15) is 0 Å². The van der Waals surface area contributed by atoms with Crippen molar-refractivity contribution in [1.29, 1.82) is 0 Å². The average Bonchev–Trinajstić information content (AvgIpc) is 2.61. The molecule has 2 amide bonds. The lowest BCUT2D eigenvalue weighted by atomic mass is 10.1. The van der Waals surface area contributed by atoms with Crippen LogP contribution in [0.15, 0.2) is 42.6 Å². The molecule has 0 aliphatic heterocycles. The van der Waals surface area contributed by atoms with E-state index in [1.165, 1.54) is 12.3 Å². The van der Waals surface area contributed by atoms with Gasteiger partial charge in [0.25, 0.3) is 11.8 Å². The third kappa shape index (κ3) is 6.19. The van der Waals surface area contributed by atoms with Gasteiger partial charge in [-0.3, -0.25) is 14.6 Å². The van der Waals surface area contributed by atoms with Gasteiger partial charge in [0.15, 0.2) is 0 Å². The number of amides is 2. The lowest BCUT2D eigenvalue weighted by molar-refractivity contribution is 0.0944. The predicted molar refractivity (Wildman–Crippen MR) is 98.9 cm³/mol. The number of pyridine rings is 1. The standard InChI is InChI=1S/C19H22ClN3O2/c1-13(2)12-23-19(25)17-11-15(8-10-21-17)18(24)22-9-7-14-3-5-16(20)6-4-14/h3-6,8,10-11,13H,7,9,12H2,1-2H3,(H,22,24)(H,23,25). The lowest BCUT2D eigenvalue weighted by Crippen LogP contribution is -2.29. The first kappa shape index (κ1) is 18.9. The van der Waals surface area contributed by atoms with Gasteiger partial charge in [0, 0.05) is 29.9 Å². The number of carbonyl (C=O) groups is 2. The third-order valence-corrected chi connectivity index (χ3v) is 3.79. The summed E-state index contributed by atoms with van der Waals surface area (Å²) >= 11 is 5.85. The Labute approximate surface area is 152 Å². The number of aromatic nitrogens is 1. The molecule has 1 aromatic carbocycles. The fourth-order valence-electron chi connectivity index (χ4n) is 2.16. The molecule has 1 aromatic heterocycles. The molecule has 0 atom stereocenters. The predicted octanol–water partition coefficient (Wildman–Crippen LogP) is 3.09. The number of nitrogens with one attached hydrogen (secondary N) is 2. The van der Waals surface area contributed by atoms with Crippen molar-refractivity contribution in [1.82, 2.24) is 15.6 Å². The molecule has 0 saturated carbocycles. The van der Waals surface area contributed by atoms with Crippen LogP contribution in [0.25, 0.3) is 0 Å². The molecule has 132 valence electrons. The Balaban J connectivity index is 1.89. The van der Waals surface area contributed by atoms with Crippen molar-refractivity contribution >= 4 is 23.4 Å². The van der Waals surface area contributed by atoms with Gasteiger partial charge < -0.3 is 10.6 Å². The van der Waals surface area contributed by atoms with Crippen LogP contribution >= 0.6 is 11.6 Å². The highest BCUT2D eigenvalue weighted by Crippen LogP contribution is 2.09. The van der Waals surface area contributed by atoms with Crippen LogP contribution in [0.5, 0.6) is 0 Å². The van der Waals surface area contributed by atoms with Gasteiger partial charge >= 0.3 is 0 Å². The third-order valence-electron chi connectivity index (χ3n) is 3.54. The summed E-state index contributed by atoms with van der Waals surface area (Å²) in [6, 6.07) is 10.6. The van der Waals surface area contributed by atoms with Gasteiger partial charge in [-0.15, -0.1) is 0 Å². The smallest absolute Gasteiger partial charge is 0.269 e. The summed E-state index contributed by atoms with van der Waals surface area (Å²) in [5.74, 6) is -0.151. The second kappa shape index (κ2) is 9.18. The van der Waals surface area contributed by atoms with Gasteiger partial charge in [-0.25, -0.2) is 0 Å². The Hall–Kier alpha value is -2.40. The van der Waals surface area contributed by atoms with Crippen LogP contribution < -0.4 is 10.6 Å². The van der Waals surface area contributed by atoms with E-state index >= 15 is 0 Å². The van der Waals surface area contributed by atoms with Crippen LogP contribution in [0.4, 0.5) is 0 Å². The molecule has 0 bridgehead atoms. The molecular weight excluding hydrogens is 338 g/mol. The van der Waals surface area contributed by atoms with E-state index in [-0.39, 0.29) is 17.5 Å². The molecule has 0 saturated heterocycles. The lowest BCUT2D eigenvalue weighted by Gasteiger charge is -2.09. The second-order valence-corrected chi connectivity index (χ2v) is 6.60. The van der Waals surface area contributed by atoms with Crippen molar-refractivity contribution < 1.29 is 9.59 Å². The molecule has 2 aromatic rings. The van der Waals surface area contributed by atoms with Gasteiger partial charge in [0.1, 0.15) is 5.69 Å². The average molecular weight is 360 g/mol. The highest BCUT2D eigenvalue weighted by molar-refractivity contribution is 6.30. The summed E-state index contributed by atoms with van der Waals surface area (Å²) in [5.41, 5.74) is 1.75. The molecule has 2 rings (SSSR count). The normalized spacial score (nSPS) is 10.6. The first-order valence-electron chi connectivity index (χ1n) is 8.22. The second-order valence-electron chi connectivity index (χ2n) is 6.17. The highest BCUT2D eigenvalue weighted by Gasteiger charge is 2.11. The van der Waals surface area contributed by atoms with Crippen molar-refractivity contribution in [3.63, 3.8) is 0 Å². The van der Waals surface area contributed by atoms with Gasteiger partial charge in [-0.05, 0) is 42.2 Å². The van der Waals surface area contributed by atoms with Gasteiger partial charge in [0.2, 0.25) is 0 Å². The quantitative estimate of drug-likeness (QED) is 0.798. The molecule has 25 heavy (non-hydrogen) atoms. The zero-order chi connectivity index (χ0) is 18.2. The van der Waals surface area contributed by atoms with Crippen molar-refractivity contribution in [2.24, 2.45) is 5.92 Å². The van der Waals surface area contributed by atoms with E-state index in [9.17, 15) is 9.59 Å². The van der Waals surface area contributed by atoms with Crippen LogP contribution in [-0.2, 0) is 6.42 Å². The van der Waals surface area contributed by atoms with Crippen LogP contribution in [0.1, 0.15) is 40.3 Å². The topological polar surface area (TPSA) is 71.1 Å². The highest BCUT2D eigenvalue weighted by atomic mass is 35.5. The molecule has 0 aliphatic rings. The maximum atomic E-state index is 12.2. The summed E-state index contributed by atoms with van der Waals surface area (Å²) in [4.78, 5) is 28.3. The Morgan fingerprint density at radius 1 is 1.08 bits per heavy atom. The van der Waals surface area contributed by atoms with E-state index in [1.807, 2.05) is 38.1 Å². The number of nitrogens with zero attached hydrogens (tertiary/aromatic N) is 1. The molecule has 6 heteroatoms. The zero-order valence-corrected chi connectivity index (χ0v) is 15.1. The van der Waals surface area contributed by atoms with Crippen LogP contribution in [-0.4, -0.2) is 29.9 Å². The zero-order valence-electron chi connectivity index (χ0n) is 14.4. The Morgan fingerprint density at radius 3 is 2.48 bits per heavy atom. The number of halogens is 1. The van der Waals surface area contributed by atoms with Crippen molar-refractivity contribution in [3.8, 4) is 0 Å². The first-order chi connectivity index (χ1) is 12.0. The van der Waals surface area contributed by atoms with Crippen LogP contribution in [0.3, 0.4) is 0 Å². The minimum absolute atomic E-state index is 0.228. The fourth-order valence-corrected chi connectivity index (χ4v) is 2.28. The Morgan fingerprint density at radius 2 is 1.80 bits per heavy atom. The van der Waals surface area contributed by atoms with Crippen molar-refractivity contribution in [3.05, 3.63) is 64.4 Å². The maximum Gasteiger partial charge on any atom is 0.269 e. The van der Waals surface area contributed by atoms with Crippen LogP contribution in [0, 0.1) is 5.92 Å². The fraction of sp³-hybridized carbons (Fsp3) is 0.316. The van der Waals surface area contributed by atoms with E-state index in [4.69, 9.17) is 11.6 Å². The number of benzene rings is 1.